The Bertz CT molecular complexity index is 1060. The van der Waals surface area contributed by atoms with Crippen molar-refractivity contribution >= 4 is 20.9 Å². The average Bonchev–Trinajstić information content (AvgIpc) is 3.09. The number of sulfonamides is 1. The van der Waals surface area contributed by atoms with Gasteiger partial charge >= 0.3 is 0 Å². The zero-order valence-electron chi connectivity index (χ0n) is 14.7. The Balaban J connectivity index is 1.72. The first-order valence-corrected chi connectivity index (χ1v) is 9.85. The summed E-state index contributed by atoms with van der Waals surface area (Å²) in [5.74, 6) is 0. The lowest BCUT2D eigenvalue weighted by molar-refractivity contribution is -0.00257. The Morgan fingerprint density at radius 3 is 2.88 bits per heavy atom. The summed E-state index contributed by atoms with van der Waals surface area (Å²) in [6, 6.07) is 7.05. The van der Waals surface area contributed by atoms with E-state index in [1.807, 2.05) is 20.2 Å². The fourth-order valence-corrected chi connectivity index (χ4v) is 4.91. The van der Waals surface area contributed by atoms with Crippen molar-refractivity contribution in [3.63, 3.8) is 0 Å². The number of nitrogens with zero attached hydrogens (tertiary/aromatic N) is 4. The van der Waals surface area contributed by atoms with Crippen LogP contribution in [0.25, 0.3) is 10.9 Å². The molecule has 1 saturated heterocycles. The van der Waals surface area contributed by atoms with Crippen molar-refractivity contribution in [1.29, 1.82) is 0 Å². The maximum absolute atomic E-state index is 13.3. The summed E-state index contributed by atoms with van der Waals surface area (Å²) in [6.07, 6.45) is 4.93. The highest BCUT2D eigenvalue weighted by Crippen LogP contribution is 2.30. The van der Waals surface area contributed by atoms with Crippen LogP contribution in [0.1, 0.15) is 17.2 Å². The predicted octanol–water partition coefficient (Wildman–Crippen LogP) is 2.04. The topological polar surface area (TPSA) is 77.3 Å². The van der Waals surface area contributed by atoms with Crippen molar-refractivity contribution in [2.75, 3.05) is 19.7 Å². The Hall–Kier alpha value is -2.29. The van der Waals surface area contributed by atoms with Crippen LogP contribution in [0.15, 0.2) is 47.8 Å². The molecule has 0 amide bonds. The van der Waals surface area contributed by atoms with Gasteiger partial charge in [0.25, 0.3) is 0 Å². The molecule has 2 aromatic heterocycles. The third-order valence-electron chi connectivity index (χ3n) is 4.68. The highest BCUT2D eigenvalue weighted by atomic mass is 32.2. The lowest BCUT2D eigenvalue weighted by Gasteiger charge is -2.32. The van der Waals surface area contributed by atoms with Gasteiger partial charge in [-0.15, -0.1) is 0 Å². The van der Waals surface area contributed by atoms with E-state index in [1.165, 1.54) is 4.31 Å². The molecule has 7 nitrogen and oxygen atoms in total. The van der Waals surface area contributed by atoms with E-state index in [2.05, 4.69) is 10.1 Å². The van der Waals surface area contributed by atoms with Gasteiger partial charge in [0.15, 0.2) is 0 Å². The van der Waals surface area contributed by atoms with Gasteiger partial charge in [0.1, 0.15) is 0 Å². The van der Waals surface area contributed by atoms with E-state index in [4.69, 9.17) is 4.74 Å². The molecule has 3 heterocycles. The summed E-state index contributed by atoms with van der Waals surface area (Å²) in [5, 5.41) is 4.80. The van der Waals surface area contributed by atoms with Crippen LogP contribution in [-0.4, -0.2) is 47.2 Å². The second kappa shape index (κ2) is 6.46. The van der Waals surface area contributed by atoms with Gasteiger partial charge in [-0.25, -0.2) is 8.42 Å². The van der Waals surface area contributed by atoms with Gasteiger partial charge in [-0.3, -0.25) is 9.67 Å². The minimum atomic E-state index is -3.65. The first-order chi connectivity index (χ1) is 12.5. The van der Waals surface area contributed by atoms with Crippen LogP contribution in [0.2, 0.25) is 0 Å². The lowest BCUT2D eigenvalue weighted by atomic mass is 10.1. The minimum Gasteiger partial charge on any atom is -0.371 e. The van der Waals surface area contributed by atoms with Gasteiger partial charge in [-0.05, 0) is 30.7 Å². The van der Waals surface area contributed by atoms with Crippen molar-refractivity contribution in [3.8, 4) is 0 Å². The molecule has 1 atom stereocenters. The molecular weight excluding hydrogens is 352 g/mol. The van der Waals surface area contributed by atoms with Crippen molar-refractivity contribution in [2.24, 2.45) is 7.05 Å². The molecule has 0 aliphatic carbocycles. The summed E-state index contributed by atoms with van der Waals surface area (Å²) < 4.78 is 35.6. The number of rotatable bonds is 3. The van der Waals surface area contributed by atoms with Crippen molar-refractivity contribution < 1.29 is 13.2 Å². The van der Waals surface area contributed by atoms with Crippen LogP contribution in [-0.2, 0) is 21.8 Å². The summed E-state index contributed by atoms with van der Waals surface area (Å²) in [5.41, 5.74) is 2.54. The number of ether oxygens (including phenoxy) is 1. The Labute approximate surface area is 152 Å². The van der Waals surface area contributed by atoms with Crippen LogP contribution in [0, 0.1) is 6.92 Å². The van der Waals surface area contributed by atoms with Crippen LogP contribution < -0.4 is 0 Å². The molecular formula is C18H20N4O3S. The molecule has 1 unspecified atom stereocenters. The zero-order chi connectivity index (χ0) is 18.3. The Morgan fingerprint density at radius 1 is 1.27 bits per heavy atom. The molecule has 1 aliphatic heterocycles. The smallest absolute Gasteiger partial charge is 0.243 e. The van der Waals surface area contributed by atoms with E-state index >= 15 is 0 Å². The summed E-state index contributed by atoms with van der Waals surface area (Å²) in [7, 11) is -1.83. The first kappa shape index (κ1) is 17.1. The quantitative estimate of drug-likeness (QED) is 0.703. The number of fused-ring (bicyclic) bond motifs is 1. The van der Waals surface area contributed by atoms with Crippen molar-refractivity contribution in [1.82, 2.24) is 19.1 Å². The normalized spacial score (nSPS) is 19.1. The molecule has 0 N–H and O–H groups in total. The molecule has 0 bridgehead atoms. The fraction of sp³-hybridized carbons (Fsp3) is 0.333. The second-order valence-corrected chi connectivity index (χ2v) is 8.36. The van der Waals surface area contributed by atoms with E-state index in [0.717, 1.165) is 11.1 Å². The fourth-order valence-electron chi connectivity index (χ4n) is 3.30. The summed E-state index contributed by atoms with van der Waals surface area (Å²) in [6.45, 7) is 2.87. The van der Waals surface area contributed by atoms with E-state index in [-0.39, 0.29) is 17.5 Å². The highest BCUT2D eigenvalue weighted by molar-refractivity contribution is 7.89. The number of benzene rings is 1. The maximum atomic E-state index is 13.3. The Morgan fingerprint density at radius 2 is 2.12 bits per heavy atom. The van der Waals surface area contributed by atoms with Crippen molar-refractivity contribution in [3.05, 3.63) is 54.0 Å². The summed E-state index contributed by atoms with van der Waals surface area (Å²) >= 11 is 0. The average molecular weight is 372 g/mol. The van der Waals surface area contributed by atoms with Gasteiger partial charge in [-0.1, -0.05) is 6.07 Å². The second-order valence-electron chi connectivity index (χ2n) is 6.45. The minimum absolute atomic E-state index is 0.268. The Kier molecular flexibility index (Phi) is 4.26. The maximum Gasteiger partial charge on any atom is 0.243 e. The molecule has 1 fully saturated rings. The van der Waals surface area contributed by atoms with Gasteiger partial charge in [-0.2, -0.15) is 9.40 Å². The molecule has 4 rings (SSSR count). The lowest BCUT2D eigenvalue weighted by Crippen LogP contribution is -2.42. The van der Waals surface area contributed by atoms with Crippen molar-refractivity contribution in [2.45, 2.75) is 17.9 Å². The number of hydrogen-bond acceptors (Lipinski definition) is 5. The van der Waals surface area contributed by atoms with Gasteiger partial charge in [0, 0.05) is 43.5 Å². The molecule has 1 aromatic carbocycles. The standard InChI is InChI=1S/C18H20N4O3S/c1-13-5-6-17(15-4-3-7-19-18(13)15)26(23,24)22-8-9-25-16(12-22)14-10-20-21(2)11-14/h3-7,10-11,16H,8-9,12H2,1-2H3. The number of hydrogen-bond donors (Lipinski definition) is 0. The third-order valence-corrected chi connectivity index (χ3v) is 6.60. The van der Waals surface area contributed by atoms with Crippen LogP contribution in [0.3, 0.4) is 0 Å². The van der Waals surface area contributed by atoms with Crippen LogP contribution in [0.4, 0.5) is 0 Å². The predicted molar refractivity (Wildman–Crippen MR) is 97.1 cm³/mol. The molecule has 0 radical (unpaired) electrons. The van der Waals surface area contributed by atoms with E-state index in [0.29, 0.717) is 24.1 Å². The SMILES string of the molecule is Cc1ccc(S(=O)(=O)N2CCOC(c3cnn(C)c3)C2)c2cccnc12. The third kappa shape index (κ3) is 2.90. The number of aryl methyl sites for hydroxylation is 2. The van der Waals surface area contributed by atoms with Gasteiger partial charge in [0.2, 0.25) is 10.0 Å². The van der Waals surface area contributed by atoms with Gasteiger partial charge in [0.05, 0.1) is 29.3 Å². The molecule has 0 saturated carbocycles. The number of aromatic nitrogens is 3. The van der Waals surface area contributed by atoms with Crippen LogP contribution >= 0.6 is 0 Å². The largest absolute Gasteiger partial charge is 0.371 e. The molecule has 0 spiro atoms. The van der Waals surface area contributed by atoms with E-state index < -0.39 is 10.0 Å². The monoisotopic (exact) mass is 372 g/mol. The molecule has 8 heteroatoms. The zero-order valence-corrected chi connectivity index (χ0v) is 15.5. The molecule has 26 heavy (non-hydrogen) atoms. The van der Waals surface area contributed by atoms with Gasteiger partial charge < -0.3 is 4.74 Å². The highest BCUT2D eigenvalue weighted by Gasteiger charge is 2.33. The molecule has 1 aliphatic rings. The molecule has 136 valence electrons. The molecule has 3 aromatic rings. The first-order valence-electron chi connectivity index (χ1n) is 8.41. The number of pyridine rings is 1. The van der Waals surface area contributed by atoms with E-state index in [9.17, 15) is 8.42 Å². The van der Waals surface area contributed by atoms with E-state index in [1.54, 1.807) is 41.3 Å². The van der Waals surface area contributed by atoms with Crippen LogP contribution in [0.5, 0.6) is 0 Å². The summed E-state index contributed by atoms with van der Waals surface area (Å²) in [4.78, 5) is 4.64. The number of morpholine rings is 1.